The molecule has 0 aromatic heterocycles. The molecule has 1 unspecified atom stereocenters. The summed E-state index contributed by atoms with van der Waals surface area (Å²) in [4.78, 5) is 4.34. The molecule has 0 bridgehead atoms. The second-order valence-electron chi connectivity index (χ2n) is 2.75. The van der Waals surface area contributed by atoms with E-state index in [1.165, 1.54) is 6.26 Å². The molecule has 0 aliphatic carbocycles. The lowest BCUT2D eigenvalue weighted by atomic mass is 9.99. The number of hydrogen-bond donors (Lipinski definition) is 2. The van der Waals surface area contributed by atoms with Gasteiger partial charge in [-0.25, -0.2) is 0 Å². The van der Waals surface area contributed by atoms with Crippen molar-refractivity contribution in [1.29, 1.82) is 0 Å². The molecule has 0 aromatic rings. The number of nitrogens with two attached hydrogens (primary N) is 2. The third-order valence-corrected chi connectivity index (χ3v) is 1.53. The van der Waals surface area contributed by atoms with Crippen molar-refractivity contribution in [1.82, 2.24) is 0 Å². The van der Waals surface area contributed by atoms with Crippen molar-refractivity contribution in [3.05, 3.63) is 36.6 Å². The highest BCUT2D eigenvalue weighted by Gasteiger charge is 2.12. The van der Waals surface area contributed by atoms with Crippen molar-refractivity contribution < 1.29 is 4.84 Å². The van der Waals surface area contributed by atoms with Crippen molar-refractivity contribution >= 4 is 0 Å². The summed E-state index contributed by atoms with van der Waals surface area (Å²) in [5.74, 6) is 4.87. The van der Waals surface area contributed by atoms with Crippen molar-refractivity contribution in [3.63, 3.8) is 0 Å². The van der Waals surface area contributed by atoms with Crippen molar-refractivity contribution in [2.75, 3.05) is 0 Å². The summed E-state index contributed by atoms with van der Waals surface area (Å²) in [6.45, 7) is 3.97. The summed E-state index contributed by atoms with van der Waals surface area (Å²) < 4.78 is 0. The highest BCUT2D eigenvalue weighted by atomic mass is 16.6. The van der Waals surface area contributed by atoms with Crippen LogP contribution in [0.15, 0.2) is 36.6 Å². The van der Waals surface area contributed by atoms with Crippen LogP contribution in [0, 0.1) is 0 Å². The van der Waals surface area contributed by atoms with Gasteiger partial charge in [0.05, 0.1) is 5.54 Å². The molecule has 74 valence electrons. The van der Waals surface area contributed by atoms with Crippen molar-refractivity contribution in [2.24, 2.45) is 11.6 Å². The van der Waals surface area contributed by atoms with Gasteiger partial charge in [0.1, 0.15) is 6.26 Å². The molecule has 0 heterocycles. The van der Waals surface area contributed by atoms with E-state index in [1.807, 2.05) is 31.2 Å². The second kappa shape index (κ2) is 6.46. The Balaban J connectivity index is 4.51. The Kier molecular flexibility index (Phi) is 5.93. The third kappa shape index (κ3) is 5.22. The topological polar surface area (TPSA) is 61.3 Å². The Bertz CT molecular complexity index is 193. The van der Waals surface area contributed by atoms with Crippen LogP contribution in [0.4, 0.5) is 0 Å². The summed E-state index contributed by atoms with van der Waals surface area (Å²) in [5, 5.41) is 0. The second-order valence-corrected chi connectivity index (χ2v) is 2.75. The first-order chi connectivity index (χ1) is 6.18. The summed E-state index contributed by atoms with van der Waals surface area (Å²) in [6.07, 6.45) is 11.7. The first kappa shape index (κ1) is 11.9. The molecule has 0 amide bonds. The fourth-order valence-corrected chi connectivity index (χ4v) is 0.934. The molecule has 3 heteroatoms. The van der Waals surface area contributed by atoms with E-state index in [9.17, 15) is 0 Å². The average Bonchev–Trinajstić information content (AvgIpc) is 2.12. The minimum Gasteiger partial charge on any atom is -0.420 e. The van der Waals surface area contributed by atoms with E-state index in [2.05, 4.69) is 11.8 Å². The van der Waals surface area contributed by atoms with Gasteiger partial charge >= 0.3 is 0 Å². The van der Waals surface area contributed by atoms with Crippen LogP contribution < -0.4 is 11.6 Å². The van der Waals surface area contributed by atoms with E-state index >= 15 is 0 Å². The first-order valence-corrected chi connectivity index (χ1v) is 4.32. The molecule has 0 saturated heterocycles. The predicted octanol–water partition coefficient (Wildman–Crippen LogP) is 1.63. The Morgan fingerprint density at radius 2 is 2.00 bits per heavy atom. The molecule has 0 fully saturated rings. The van der Waals surface area contributed by atoms with Gasteiger partial charge < -0.3 is 10.6 Å². The molecule has 0 aliphatic rings. The summed E-state index contributed by atoms with van der Waals surface area (Å²) >= 11 is 0. The van der Waals surface area contributed by atoms with Crippen LogP contribution in [0.3, 0.4) is 0 Å². The Labute approximate surface area is 79.7 Å². The minimum atomic E-state index is -0.593. The maximum atomic E-state index is 5.98. The largest absolute Gasteiger partial charge is 0.420 e. The highest BCUT2D eigenvalue weighted by molar-refractivity contribution is 5.25. The van der Waals surface area contributed by atoms with Crippen molar-refractivity contribution in [2.45, 2.75) is 25.8 Å². The van der Waals surface area contributed by atoms with Crippen LogP contribution in [0.25, 0.3) is 0 Å². The van der Waals surface area contributed by atoms with Gasteiger partial charge in [-0.1, -0.05) is 31.2 Å². The first-order valence-electron chi connectivity index (χ1n) is 4.32. The van der Waals surface area contributed by atoms with Gasteiger partial charge in [-0.05, 0) is 19.4 Å². The van der Waals surface area contributed by atoms with E-state index in [0.29, 0.717) is 0 Å². The molecule has 0 rings (SSSR count). The van der Waals surface area contributed by atoms with Gasteiger partial charge in [-0.15, -0.1) is 0 Å². The molecule has 0 saturated carbocycles. The fraction of sp³-hybridized carbons (Fsp3) is 0.400. The molecular formula is C10H18N2O. The summed E-state index contributed by atoms with van der Waals surface area (Å²) in [6, 6.07) is 0. The van der Waals surface area contributed by atoms with Gasteiger partial charge in [0.15, 0.2) is 0 Å². The molecule has 4 N–H and O–H groups in total. The van der Waals surface area contributed by atoms with Crippen LogP contribution in [-0.2, 0) is 4.84 Å². The fourth-order valence-electron chi connectivity index (χ4n) is 0.934. The Morgan fingerprint density at radius 3 is 2.46 bits per heavy atom. The lowest BCUT2D eigenvalue weighted by Crippen LogP contribution is -2.32. The number of allylic oxidation sites excluding steroid dienone is 2. The van der Waals surface area contributed by atoms with Gasteiger partial charge in [0.2, 0.25) is 0 Å². The van der Waals surface area contributed by atoms with E-state index in [0.717, 1.165) is 6.42 Å². The highest BCUT2D eigenvalue weighted by Crippen LogP contribution is 2.08. The van der Waals surface area contributed by atoms with Gasteiger partial charge in [-0.3, -0.25) is 0 Å². The maximum Gasteiger partial charge on any atom is 0.109 e. The van der Waals surface area contributed by atoms with Crippen LogP contribution in [0.2, 0.25) is 0 Å². The maximum absolute atomic E-state index is 5.98. The molecule has 3 nitrogen and oxygen atoms in total. The third-order valence-electron chi connectivity index (χ3n) is 1.53. The zero-order valence-corrected chi connectivity index (χ0v) is 8.23. The lowest BCUT2D eigenvalue weighted by molar-refractivity contribution is 0.259. The van der Waals surface area contributed by atoms with Crippen LogP contribution in [0.5, 0.6) is 0 Å². The Hall–Kier alpha value is -1.06. The average molecular weight is 182 g/mol. The molecule has 0 aromatic carbocycles. The lowest BCUT2D eigenvalue weighted by Gasteiger charge is -2.16. The predicted molar refractivity (Wildman–Crippen MR) is 55.6 cm³/mol. The molecule has 0 aliphatic heterocycles. The summed E-state index contributed by atoms with van der Waals surface area (Å²) in [7, 11) is 0. The van der Waals surface area contributed by atoms with E-state index in [1.54, 1.807) is 6.08 Å². The van der Waals surface area contributed by atoms with Crippen molar-refractivity contribution in [3.8, 4) is 0 Å². The zero-order chi connectivity index (χ0) is 10.2. The smallest absolute Gasteiger partial charge is 0.109 e. The van der Waals surface area contributed by atoms with E-state index < -0.39 is 5.54 Å². The normalized spacial score (nSPS) is 17.2. The van der Waals surface area contributed by atoms with Gasteiger partial charge in [0.25, 0.3) is 0 Å². The van der Waals surface area contributed by atoms with Crippen LogP contribution >= 0.6 is 0 Å². The van der Waals surface area contributed by atoms with Gasteiger partial charge in [-0.2, -0.15) is 5.90 Å². The molecule has 0 radical (unpaired) electrons. The monoisotopic (exact) mass is 182 g/mol. The quantitative estimate of drug-likeness (QED) is 0.386. The number of hydrogen-bond acceptors (Lipinski definition) is 3. The molecule has 13 heavy (non-hydrogen) atoms. The van der Waals surface area contributed by atoms with Crippen LogP contribution in [-0.4, -0.2) is 5.54 Å². The van der Waals surface area contributed by atoms with E-state index in [4.69, 9.17) is 11.6 Å². The van der Waals surface area contributed by atoms with Crippen LogP contribution in [0.1, 0.15) is 20.3 Å². The summed E-state index contributed by atoms with van der Waals surface area (Å²) in [5.41, 5.74) is 5.39. The van der Waals surface area contributed by atoms with E-state index in [-0.39, 0.29) is 0 Å². The standard InChI is InChI=1S/C10H18N2O/c1-3-5-7-10(11,6-4-2)8-9-13-12/h4-9H,3,11-12H2,1-2H3. The Morgan fingerprint density at radius 1 is 1.31 bits per heavy atom. The molecule has 0 spiro atoms. The molecular weight excluding hydrogens is 164 g/mol. The van der Waals surface area contributed by atoms with Gasteiger partial charge in [0, 0.05) is 0 Å². The number of rotatable bonds is 5. The minimum absolute atomic E-state index is 0.593. The zero-order valence-electron chi connectivity index (χ0n) is 8.23. The SMILES string of the molecule is CC=CC(N)(C=CCC)C=CON. The molecule has 1 atom stereocenters.